The van der Waals surface area contributed by atoms with Crippen molar-refractivity contribution >= 4 is 61.1 Å². The zero-order valence-electron chi connectivity index (χ0n) is 38.0. The van der Waals surface area contributed by atoms with Gasteiger partial charge in [0.1, 0.15) is 0 Å². The number of anilines is 4. The van der Waals surface area contributed by atoms with E-state index in [-0.39, 0.29) is 34.4 Å². The highest BCUT2D eigenvalue weighted by atomic mass is 32.1. The molecule has 304 valence electrons. The van der Waals surface area contributed by atoms with Gasteiger partial charge in [-0.1, -0.05) is 153 Å². The largest absolute Gasteiger partial charge is 0.327 e. The van der Waals surface area contributed by atoms with Crippen molar-refractivity contribution in [1.82, 2.24) is 0 Å². The predicted octanol–water partition coefficient (Wildman–Crippen LogP) is 14.2. The van der Waals surface area contributed by atoms with E-state index in [2.05, 4.69) is 202 Å². The standard InChI is InChI=1S/C56H61BN2S/c1-34-18-27-47-41(30-34)49-52(60-47)58(39-22-19-37(20-23-39)53(3,4)5)45-31-35(2)32-46-50(45)57(49)43-25-24-42-48(56(11,12)29-28-55(42,9)10)51(43)59(46)44-26-21-38(54(6,7)8)33-40(44)36-16-14-13-15-17-36/h13-27,30,32-33,45H,28-29,31H2,1-12H3. The first-order valence-corrected chi connectivity index (χ1v) is 23.2. The maximum atomic E-state index is 2.78. The molecule has 10 rings (SSSR count). The fraction of sp³-hybridized carbons (Fsp3) is 0.357. The van der Waals surface area contributed by atoms with Crippen molar-refractivity contribution in [3.63, 3.8) is 0 Å². The van der Waals surface area contributed by atoms with Gasteiger partial charge in [-0.05, 0) is 141 Å². The molecule has 0 amide bonds. The molecular formula is C56H61BN2S. The third kappa shape index (κ3) is 6.02. The molecule has 5 aromatic carbocycles. The minimum Gasteiger partial charge on any atom is -0.327 e. The highest BCUT2D eigenvalue weighted by molar-refractivity contribution is 7.26. The highest BCUT2D eigenvalue weighted by Crippen LogP contribution is 2.56. The third-order valence-corrected chi connectivity index (χ3v) is 15.7. The second kappa shape index (κ2) is 13.4. The molecule has 6 aromatic rings. The summed E-state index contributed by atoms with van der Waals surface area (Å²) >= 11 is 2.00. The summed E-state index contributed by atoms with van der Waals surface area (Å²) in [5, 5.41) is 2.81. The lowest BCUT2D eigenvalue weighted by Crippen LogP contribution is -2.61. The highest BCUT2D eigenvalue weighted by Gasteiger charge is 2.52. The molecule has 0 saturated carbocycles. The van der Waals surface area contributed by atoms with Crippen LogP contribution < -0.4 is 20.7 Å². The number of benzene rings is 5. The summed E-state index contributed by atoms with van der Waals surface area (Å²) in [7, 11) is 0. The van der Waals surface area contributed by atoms with E-state index >= 15 is 0 Å². The zero-order chi connectivity index (χ0) is 42.3. The molecule has 0 radical (unpaired) electrons. The number of hydrogen-bond acceptors (Lipinski definition) is 3. The van der Waals surface area contributed by atoms with Crippen molar-refractivity contribution in [3.05, 3.63) is 154 Å². The summed E-state index contributed by atoms with van der Waals surface area (Å²) in [6.45, 7) is 28.8. The van der Waals surface area contributed by atoms with E-state index in [9.17, 15) is 0 Å². The monoisotopic (exact) mass is 804 g/mol. The van der Waals surface area contributed by atoms with Crippen LogP contribution in [0.15, 0.2) is 126 Å². The Kier molecular flexibility index (Phi) is 8.76. The molecule has 2 nitrogen and oxygen atoms in total. The summed E-state index contributed by atoms with van der Waals surface area (Å²) in [6, 6.07) is 40.6. The van der Waals surface area contributed by atoms with Crippen LogP contribution in [0.4, 0.5) is 22.1 Å². The van der Waals surface area contributed by atoms with Crippen molar-refractivity contribution in [2.45, 2.75) is 130 Å². The van der Waals surface area contributed by atoms with Gasteiger partial charge >= 0.3 is 0 Å². The average Bonchev–Trinajstić information content (AvgIpc) is 3.56. The van der Waals surface area contributed by atoms with Crippen LogP contribution in [0.1, 0.15) is 123 Å². The number of rotatable bonds is 3. The lowest BCUT2D eigenvalue weighted by Gasteiger charge is -2.52. The van der Waals surface area contributed by atoms with Crippen LogP contribution in [-0.2, 0) is 21.7 Å². The number of hydrogen-bond donors (Lipinski definition) is 0. The predicted molar refractivity (Wildman–Crippen MR) is 262 cm³/mol. The van der Waals surface area contributed by atoms with E-state index < -0.39 is 0 Å². The van der Waals surface area contributed by atoms with Gasteiger partial charge in [-0.25, -0.2) is 0 Å². The van der Waals surface area contributed by atoms with Gasteiger partial charge in [-0.2, -0.15) is 0 Å². The lowest BCUT2D eigenvalue weighted by atomic mass is 9.31. The van der Waals surface area contributed by atoms with Gasteiger partial charge in [0.05, 0.1) is 16.7 Å². The summed E-state index contributed by atoms with van der Waals surface area (Å²) in [6.07, 6.45) is 5.91. The fourth-order valence-corrected chi connectivity index (χ4v) is 12.4. The van der Waals surface area contributed by atoms with Crippen LogP contribution in [0.25, 0.3) is 21.2 Å². The fourth-order valence-electron chi connectivity index (χ4n) is 11.1. The van der Waals surface area contributed by atoms with Crippen LogP contribution in [0, 0.1) is 6.92 Å². The molecule has 0 bridgehead atoms. The van der Waals surface area contributed by atoms with Crippen LogP contribution in [-0.4, -0.2) is 12.8 Å². The Morgan fingerprint density at radius 2 is 1.40 bits per heavy atom. The van der Waals surface area contributed by atoms with Gasteiger partial charge in [0.2, 0.25) is 6.71 Å². The van der Waals surface area contributed by atoms with Crippen molar-refractivity contribution in [2.75, 3.05) is 9.80 Å². The molecule has 1 atom stereocenters. The van der Waals surface area contributed by atoms with Gasteiger partial charge in [0.15, 0.2) is 0 Å². The third-order valence-electron chi connectivity index (χ3n) is 14.5. The molecule has 0 N–H and O–H groups in total. The Labute approximate surface area is 364 Å². The summed E-state index contributed by atoms with van der Waals surface area (Å²) in [4.78, 5) is 5.53. The second-order valence-corrected chi connectivity index (χ2v) is 22.9. The Balaban J connectivity index is 1.36. The number of allylic oxidation sites excluding steroid dienone is 1. The molecular weight excluding hydrogens is 744 g/mol. The topological polar surface area (TPSA) is 6.48 Å². The van der Waals surface area contributed by atoms with Crippen LogP contribution in [0.2, 0.25) is 0 Å². The molecule has 4 heteroatoms. The molecule has 0 spiro atoms. The van der Waals surface area contributed by atoms with E-state index in [1.165, 1.54) is 105 Å². The first-order valence-electron chi connectivity index (χ1n) is 22.4. The van der Waals surface area contributed by atoms with Gasteiger partial charge < -0.3 is 9.80 Å². The summed E-state index contributed by atoms with van der Waals surface area (Å²) < 4.78 is 1.37. The van der Waals surface area contributed by atoms with E-state index in [0.717, 1.165) is 12.8 Å². The smallest absolute Gasteiger partial charge is 0.249 e. The van der Waals surface area contributed by atoms with Crippen molar-refractivity contribution < 1.29 is 0 Å². The van der Waals surface area contributed by atoms with Gasteiger partial charge in [0.25, 0.3) is 0 Å². The number of aryl methyl sites for hydroxylation is 1. The minimum atomic E-state index is -0.0107. The summed E-state index contributed by atoms with van der Waals surface area (Å²) in [5.41, 5.74) is 21.0. The normalized spacial score (nSPS) is 19.2. The molecule has 1 aromatic heterocycles. The number of thiophene rings is 1. The maximum absolute atomic E-state index is 2.78. The van der Waals surface area contributed by atoms with Crippen molar-refractivity contribution in [1.29, 1.82) is 0 Å². The van der Waals surface area contributed by atoms with E-state index in [1.54, 1.807) is 0 Å². The zero-order valence-corrected chi connectivity index (χ0v) is 38.8. The van der Waals surface area contributed by atoms with Gasteiger partial charge in [-0.15, -0.1) is 11.3 Å². The van der Waals surface area contributed by atoms with Crippen LogP contribution >= 0.6 is 11.3 Å². The quantitative estimate of drug-likeness (QED) is 0.164. The molecule has 2 aliphatic carbocycles. The van der Waals surface area contributed by atoms with E-state index in [1.807, 2.05) is 11.3 Å². The molecule has 0 saturated heterocycles. The molecule has 2 aliphatic heterocycles. The number of fused-ring (bicyclic) bond motifs is 8. The van der Waals surface area contributed by atoms with Crippen molar-refractivity contribution in [3.8, 4) is 11.1 Å². The first kappa shape index (κ1) is 39.3. The Hall–Kier alpha value is -4.80. The maximum Gasteiger partial charge on any atom is 0.249 e. The van der Waals surface area contributed by atoms with Gasteiger partial charge in [0, 0.05) is 27.3 Å². The van der Waals surface area contributed by atoms with Crippen molar-refractivity contribution in [2.24, 2.45) is 0 Å². The molecule has 1 unspecified atom stereocenters. The molecule has 4 aliphatic rings. The van der Waals surface area contributed by atoms with Crippen LogP contribution in [0.5, 0.6) is 0 Å². The van der Waals surface area contributed by atoms with Crippen LogP contribution in [0.3, 0.4) is 0 Å². The molecule has 3 heterocycles. The summed E-state index contributed by atoms with van der Waals surface area (Å²) in [5.74, 6) is 0. The molecule has 60 heavy (non-hydrogen) atoms. The Morgan fingerprint density at radius 1 is 0.717 bits per heavy atom. The average molecular weight is 805 g/mol. The second-order valence-electron chi connectivity index (χ2n) is 21.8. The minimum absolute atomic E-state index is 0.00735. The van der Waals surface area contributed by atoms with E-state index in [4.69, 9.17) is 0 Å². The number of nitrogens with zero attached hydrogens (tertiary/aromatic N) is 2. The first-order chi connectivity index (χ1) is 28.3. The Morgan fingerprint density at radius 3 is 2.10 bits per heavy atom. The molecule has 0 fully saturated rings. The Bertz CT molecular complexity index is 2780. The van der Waals surface area contributed by atoms with E-state index in [0.29, 0.717) is 0 Å². The van der Waals surface area contributed by atoms with Gasteiger partial charge in [-0.3, -0.25) is 0 Å². The SMILES string of the molecule is CC1=CC2=C3B(c4ccc5c(c4N2c2ccc(C(C)(C)C)cc2-c2ccccc2)C(C)(C)CCC5(C)C)c2c(sc4ccc(C)cc24)N(c2ccc(C(C)(C)C)cc2)C3C1. The lowest BCUT2D eigenvalue weighted by molar-refractivity contribution is 0.332.